The van der Waals surface area contributed by atoms with E-state index >= 15 is 0 Å². The van der Waals surface area contributed by atoms with Crippen LogP contribution >= 0.6 is 0 Å². The van der Waals surface area contributed by atoms with Crippen LogP contribution in [-0.4, -0.2) is 29.3 Å². The third kappa shape index (κ3) is 1.95. The summed E-state index contributed by atoms with van der Waals surface area (Å²) >= 11 is 0. The van der Waals surface area contributed by atoms with E-state index in [2.05, 4.69) is 5.10 Å². The Kier molecular flexibility index (Phi) is 2.94. The second-order valence-electron chi connectivity index (χ2n) is 4.43. The fourth-order valence-electron chi connectivity index (χ4n) is 2.27. The highest BCUT2D eigenvalue weighted by Gasteiger charge is 2.24. The first-order valence-electron chi connectivity index (χ1n) is 6.06. The lowest BCUT2D eigenvalue weighted by atomic mass is 10.0. The van der Waals surface area contributed by atoms with Gasteiger partial charge in [-0.15, -0.1) is 0 Å². The van der Waals surface area contributed by atoms with Crippen LogP contribution in [-0.2, 0) is 4.74 Å². The maximum absolute atomic E-state index is 11.1. The van der Waals surface area contributed by atoms with Crippen LogP contribution in [0.15, 0.2) is 36.5 Å². The highest BCUT2D eigenvalue weighted by molar-refractivity contribution is 5.76. The number of rotatable bonds is 3. The van der Waals surface area contributed by atoms with E-state index in [1.165, 1.54) is 0 Å². The molecule has 1 aromatic heterocycles. The van der Waals surface area contributed by atoms with Gasteiger partial charge in [0.1, 0.15) is 0 Å². The fourth-order valence-corrected chi connectivity index (χ4v) is 2.27. The summed E-state index contributed by atoms with van der Waals surface area (Å²) in [4.78, 5) is 11.1. The summed E-state index contributed by atoms with van der Waals surface area (Å²) in [5.74, 6) is 0.246. The number of aromatic nitrogens is 2. The second kappa shape index (κ2) is 4.74. The molecule has 4 heteroatoms. The van der Waals surface area contributed by atoms with Crippen molar-refractivity contribution < 1.29 is 9.53 Å². The molecule has 0 N–H and O–H groups in total. The van der Waals surface area contributed by atoms with Gasteiger partial charge in [-0.25, -0.2) is 4.68 Å². The third-order valence-corrected chi connectivity index (χ3v) is 3.24. The molecule has 1 aliphatic heterocycles. The summed E-state index contributed by atoms with van der Waals surface area (Å²) in [6, 6.07) is 9.80. The normalized spacial score (nSPS) is 19.0. The van der Waals surface area contributed by atoms with Gasteiger partial charge < -0.3 is 4.74 Å². The minimum absolute atomic E-state index is 0.246. The van der Waals surface area contributed by atoms with Crippen LogP contribution in [0.5, 0.6) is 0 Å². The summed E-state index contributed by atoms with van der Waals surface area (Å²) in [7, 11) is 0. The second-order valence-corrected chi connectivity index (χ2v) is 4.43. The minimum atomic E-state index is 0.246. The van der Waals surface area contributed by atoms with Crippen molar-refractivity contribution in [3.8, 4) is 5.69 Å². The Morgan fingerprint density at radius 2 is 2.17 bits per heavy atom. The molecule has 92 valence electrons. The number of benzene rings is 1. The summed E-state index contributed by atoms with van der Waals surface area (Å²) in [6.45, 7) is 1.41. The van der Waals surface area contributed by atoms with Crippen molar-refractivity contribution in [2.75, 3.05) is 13.2 Å². The summed E-state index contributed by atoms with van der Waals surface area (Å²) < 4.78 is 7.12. The summed E-state index contributed by atoms with van der Waals surface area (Å²) in [5.41, 5.74) is 2.48. The van der Waals surface area contributed by atoms with Crippen LogP contribution in [0.4, 0.5) is 0 Å². The standard InChI is InChI=1S/C14H14N2O2/c17-9-12-8-16(13-4-2-1-3-5-13)15-14(12)11-6-7-18-10-11/h1-5,8-9,11H,6-7,10H2. The molecule has 1 aromatic carbocycles. The molecular formula is C14H14N2O2. The molecule has 0 saturated carbocycles. The van der Waals surface area contributed by atoms with Crippen molar-refractivity contribution in [3.63, 3.8) is 0 Å². The van der Waals surface area contributed by atoms with E-state index in [1.807, 2.05) is 30.3 Å². The van der Waals surface area contributed by atoms with Crippen molar-refractivity contribution in [3.05, 3.63) is 47.8 Å². The van der Waals surface area contributed by atoms with E-state index < -0.39 is 0 Å². The monoisotopic (exact) mass is 242 g/mol. The maximum atomic E-state index is 11.1. The molecule has 0 spiro atoms. The van der Waals surface area contributed by atoms with Crippen LogP contribution in [0.25, 0.3) is 5.69 Å². The predicted octanol–water partition coefficient (Wildman–Crippen LogP) is 2.19. The minimum Gasteiger partial charge on any atom is -0.381 e. The van der Waals surface area contributed by atoms with Gasteiger partial charge in [0.2, 0.25) is 0 Å². The van der Waals surface area contributed by atoms with Crippen molar-refractivity contribution in [2.45, 2.75) is 12.3 Å². The Labute approximate surface area is 105 Å². The third-order valence-electron chi connectivity index (χ3n) is 3.24. The molecule has 1 aliphatic rings. The van der Waals surface area contributed by atoms with Crippen LogP contribution in [0.2, 0.25) is 0 Å². The zero-order valence-corrected chi connectivity index (χ0v) is 9.95. The number of carbonyl (C=O) groups is 1. The van der Waals surface area contributed by atoms with E-state index in [9.17, 15) is 4.79 Å². The van der Waals surface area contributed by atoms with Gasteiger partial charge in [-0.3, -0.25) is 4.79 Å². The Hall–Kier alpha value is -1.94. The number of ether oxygens (including phenoxy) is 1. The zero-order valence-electron chi connectivity index (χ0n) is 9.95. The predicted molar refractivity (Wildman–Crippen MR) is 67.1 cm³/mol. The molecule has 4 nitrogen and oxygen atoms in total. The van der Waals surface area contributed by atoms with Gasteiger partial charge in [0.05, 0.1) is 23.6 Å². The highest BCUT2D eigenvalue weighted by Crippen LogP contribution is 2.26. The largest absolute Gasteiger partial charge is 0.381 e. The number of nitrogens with zero attached hydrogens (tertiary/aromatic N) is 2. The number of aldehydes is 1. The lowest BCUT2D eigenvalue weighted by Crippen LogP contribution is -2.03. The number of carbonyl (C=O) groups excluding carboxylic acids is 1. The highest BCUT2D eigenvalue weighted by atomic mass is 16.5. The molecule has 18 heavy (non-hydrogen) atoms. The molecule has 1 fully saturated rings. The van der Waals surface area contributed by atoms with Gasteiger partial charge in [0, 0.05) is 18.7 Å². The van der Waals surface area contributed by atoms with Gasteiger partial charge in [0.25, 0.3) is 0 Å². The SMILES string of the molecule is O=Cc1cn(-c2ccccc2)nc1C1CCOC1. The Morgan fingerprint density at radius 1 is 1.33 bits per heavy atom. The maximum Gasteiger partial charge on any atom is 0.153 e. The molecule has 1 unspecified atom stereocenters. The molecule has 0 radical (unpaired) electrons. The Morgan fingerprint density at radius 3 is 2.83 bits per heavy atom. The molecule has 1 atom stereocenters. The van der Waals surface area contributed by atoms with E-state index in [0.717, 1.165) is 30.7 Å². The van der Waals surface area contributed by atoms with Gasteiger partial charge >= 0.3 is 0 Å². The molecule has 0 bridgehead atoms. The van der Waals surface area contributed by atoms with E-state index in [0.29, 0.717) is 12.2 Å². The molecule has 2 heterocycles. The fraction of sp³-hybridized carbons (Fsp3) is 0.286. The lowest BCUT2D eigenvalue weighted by molar-refractivity contribution is 0.112. The van der Waals surface area contributed by atoms with Gasteiger partial charge in [-0.1, -0.05) is 18.2 Å². The number of hydrogen-bond acceptors (Lipinski definition) is 3. The van der Waals surface area contributed by atoms with Crippen molar-refractivity contribution >= 4 is 6.29 Å². The number of para-hydroxylation sites is 1. The van der Waals surface area contributed by atoms with Crippen molar-refractivity contribution in [2.24, 2.45) is 0 Å². The first-order chi connectivity index (χ1) is 8.88. The average molecular weight is 242 g/mol. The van der Waals surface area contributed by atoms with Gasteiger partial charge in [-0.05, 0) is 18.6 Å². The quantitative estimate of drug-likeness (QED) is 0.775. The average Bonchev–Trinajstić information content (AvgIpc) is 3.08. The van der Waals surface area contributed by atoms with Crippen LogP contribution in [0, 0.1) is 0 Å². The smallest absolute Gasteiger partial charge is 0.153 e. The van der Waals surface area contributed by atoms with E-state index in [1.54, 1.807) is 10.9 Å². The number of hydrogen-bond donors (Lipinski definition) is 0. The Bertz CT molecular complexity index is 542. The molecular weight excluding hydrogens is 228 g/mol. The Balaban J connectivity index is 2.00. The molecule has 1 saturated heterocycles. The van der Waals surface area contributed by atoms with Gasteiger partial charge in [-0.2, -0.15) is 5.10 Å². The van der Waals surface area contributed by atoms with Crippen LogP contribution in [0.3, 0.4) is 0 Å². The first kappa shape index (κ1) is 11.2. The van der Waals surface area contributed by atoms with Crippen molar-refractivity contribution in [1.82, 2.24) is 9.78 Å². The van der Waals surface area contributed by atoms with Crippen molar-refractivity contribution in [1.29, 1.82) is 0 Å². The zero-order chi connectivity index (χ0) is 12.4. The first-order valence-corrected chi connectivity index (χ1v) is 6.06. The van der Waals surface area contributed by atoms with Crippen LogP contribution < -0.4 is 0 Å². The molecule has 2 aromatic rings. The topological polar surface area (TPSA) is 44.1 Å². The lowest BCUT2D eigenvalue weighted by Gasteiger charge is -2.04. The van der Waals surface area contributed by atoms with Gasteiger partial charge in [0.15, 0.2) is 6.29 Å². The van der Waals surface area contributed by atoms with E-state index in [4.69, 9.17) is 4.74 Å². The summed E-state index contributed by atoms with van der Waals surface area (Å²) in [6.07, 6.45) is 3.60. The molecule has 0 aliphatic carbocycles. The molecule has 3 rings (SSSR count). The molecule has 0 amide bonds. The summed E-state index contributed by atoms with van der Waals surface area (Å²) in [5, 5.41) is 4.54. The van der Waals surface area contributed by atoms with E-state index in [-0.39, 0.29) is 5.92 Å². The van der Waals surface area contributed by atoms with Crippen LogP contribution in [0.1, 0.15) is 28.4 Å².